The van der Waals surface area contributed by atoms with Gasteiger partial charge in [-0.15, -0.1) is 11.8 Å². The molecule has 406 valence electrons. The van der Waals surface area contributed by atoms with Gasteiger partial charge in [0.25, 0.3) is 25.8 Å². The van der Waals surface area contributed by atoms with Crippen LogP contribution in [-0.2, 0) is 29.4 Å². The summed E-state index contributed by atoms with van der Waals surface area (Å²) in [6.07, 6.45) is 9.45. The number of benzene rings is 3. The summed E-state index contributed by atoms with van der Waals surface area (Å²) in [5, 5.41) is 3.00. The molecule has 74 heavy (non-hydrogen) atoms. The summed E-state index contributed by atoms with van der Waals surface area (Å²) in [5.41, 5.74) is 4.51. The van der Waals surface area contributed by atoms with Gasteiger partial charge in [0.2, 0.25) is 11.8 Å². The summed E-state index contributed by atoms with van der Waals surface area (Å²) in [4.78, 5) is 44.6. The Morgan fingerprint density at radius 2 is 1.49 bits per heavy atom. The number of amides is 3. The Morgan fingerprint density at radius 3 is 2.14 bits per heavy atom. The van der Waals surface area contributed by atoms with Crippen LogP contribution in [0.4, 0.5) is 24.5 Å². The fourth-order valence-corrected chi connectivity index (χ4v) is 12.7. The first-order chi connectivity index (χ1) is 35.0. The molecule has 0 radical (unpaired) electrons. The molecule has 0 saturated carbocycles. The van der Waals surface area contributed by atoms with E-state index in [1.54, 1.807) is 28.2 Å². The summed E-state index contributed by atoms with van der Waals surface area (Å²) in [5.74, 6) is -1.08. The average Bonchev–Trinajstić information content (AvgIpc) is 3.37. The van der Waals surface area contributed by atoms with E-state index in [9.17, 15) is 44.4 Å². The van der Waals surface area contributed by atoms with E-state index in [0.717, 1.165) is 94.0 Å². The van der Waals surface area contributed by atoms with Gasteiger partial charge in [-0.25, -0.2) is 21.6 Å². The minimum atomic E-state index is -6.11. The van der Waals surface area contributed by atoms with Crippen molar-refractivity contribution >= 4 is 60.7 Å². The molecule has 3 aromatic rings. The molecule has 2 heterocycles. The van der Waals surface area contributed by atoms with Gasteiger partial charge < -0.3 is 20.9 Å². The average molecular weight is 1090 g/mol. The van der Waals surface area contributed by atoms with E-state index < -0.39 is 52.8 Å². The largest absolute Gasteiger partial charge is 0.501 e. The van der Waals surface area contributed by atoms with Crippen LogP contribution in [0.15, 0.2) is 111 Å². The molecular weight excluding hydrogens is 1010 g/mol. The Hall–Kier alpha value is -4.89. The number of nitrogens with zero attached hydrogens (tertiary/aromatic N) is 4. The fourth-order valence-electron chi connectivity index (χ4n) is 9.65. The molecule has 0 spiro atoms. The molecule has 0 bridgehead atoms. The number of primary amides is 1. The molecular formula is C54H74F3N7O7S3. The van der Waals surface area contributed by atoms with E-state index in [0.29, 0.717) is 75.6 Å². The number of alkyl halides is 3. The number of unbranched alkanes of at least 4 members (excludes halogenated alkanes) is 2. The SMILES string of the molecule is C=C(CC)CCC1=C(CN2CCN(c3ccc(C(=O)NS(=O)(=O)c4ccc(N[C@H](CCN5CCN(C(=O)CCCCCC(N)=O)CC5)CSc5ccccc5)c(S(=O)(=O)C(F)(F)F)c4)cc3)CC2)CCC(C)(C)C1. The number of allylic oxidation sites excluding steroid dienone is 2. The van der Waals surface area contributed by atoms with Crippen molar-refractivity contribution in [2.45, 2.75) is 124 Å². The number of hydrogen-bond donors (Lipinski definition) is 3. The van der Waals surface area contributed by atoms with E-state index in [1.807, 2.05) is 35.1 Å². The molecule has 2 saturated heterocycles. The molecule has 20 heteroatoms. The van der Waals surface area contributed by atoms with Gasteiger partial charge in [-0.1, -0.05) is 68.7 Å². The Morgan fingerprint density at radius 1 is 0.824 bits per heavy atom. The second-order valence-corrected chi connectivity index (χ2v) is 25.2. The molecule has 14 nitrogen and oxygen atoms in total. The van der Waals surface area contributed by atoms with Gasteiger partial charge in [0.1, 0.15) is 4.90 Å². The van der Waals surface area contributed by atoms with Crippen molar-refractivity contribution in [1.82, 2.24) is 19.4 Å². The maximum atomic E-state index is 14.4. The van der Waals surface area contributed by atoms with Gasteiger partial charge in [-0.05, 0) is 118 Å². The normalized spacial score (nSPS) is 17.5. The van der Waals surface area contributed by atoms with Gasteiger partial charge >= 0.3 is 5.51 Å². The zero-order valence-electron chi connectivity index (χ0n) is 43.1. The highest BCUT2D eigenvalue weighted by Gasteiger charge is 2.48. The smallest absolute Gasteiger partial charge is 0.380 e. The van der Waals surface area contributed by atoms with Crippen LogP contribution in [0.3, 0.4) is 0 Å². The standard InChI is InChI=1S/C54H74F3N7O7S3/c1-5-40(2)16-17-42-37-53(3,4)26-24-43(42)38-62-30-32-63(33-31-62)45-20-18-41(19-21-45)52(67)60-74(70,71)47-22-23-48(49(36-47)73(68,69)54(55,56)57)59-44(39-72-46-12-8-6-9-13-46)25-27-61-28-34-64(35-29-61)51(66)15-11-7-10-14-50(58)65/h6,8-9,12-13,18-23,36,44,59H,2,5,7,10-11,14-17,24-35,37-39H2,1,3-4H3,(H2,58,65)(H,60,67)/t44-/m1/s1. The molecule has 4 N–H and O–H groups in total. The first kappa shape index (κ1) is 58.4. The number of halogens is 3. The van der Waals surface area contributed by atoms with Gasteiger partial charge in [-0.2, -0.15) is 13.2 Å². The summed E-state index contributed by atoms with van der Waals surface area (Å²) in [6, 6.07) is 17.5. The van der Waals surface area contributed by atoms with Crippen LogP contribution in [-0.4, -0.2) is 132 Å². The molecule has 3 aliphatic rings. The highest BCUT2D eigenvalue weighted by atomic mass is 32.2. The number of thioether (sulfide) groups is 1. The van der Waals surface area contributed by atoms with E-state index in [-0.39, 0.29) is 23.8 Å². The molecule has 1 aliphatic carbocycles. The number of rotatable bonds is 25. The number of hydrogen-bond acceptors (Lipinski definition) is 12. The lowest BCUT2D eigenvalue weighted by Gasteiger charge is -2.39. The predicted molar refractivity (Wildman–Crippen MR) is 287 cm³/mol. The number of carbonyl (C=O) groups is 3. The molecule has 0 aromatic heterocycles. The monoisotopic (exact) mass is 1090 g/mol. The van der Waals surface area contributed by atoms with Crippen LogP contribution in [0.2, 0.25) is 0 Å². The summed E-state index contributed by atoms with van der Waals surface area (Å²) in [6.45, 7) is 17.8. The zero-order valence-corrected chi connectivity index (χ0v) is 45.5. The topological polar surface area (TPSA) is 183 Å². The maximum absolute atomic E-state index is 14.4. The second-order valence-electron chi connectivity index (χ2n) is 20.5. The number of nitrogens with two attached hydrogens (primary N) is 1. The van der Waals surface area contributed by atoms with Crippen molar-refractivity contribution in [3.63, 3.8) is 0 Å². The van der Waals surface area contributed by atoms with Crippen molar-refractivity contribution < 1.29 is 44.4 Å². The van der Waals surface area contributed by atoms with E-state index >= 15 is 0 Å². The number of piperazine rings is 2. The van der Waals surface area contributed by atoms with Crippen LogP contribution in [0.1, 0.15) is 108 Å². The van der Waals surface area contributed by atoms with Crippen LogP contribution < -0.4 is 20.7 Å². The quantitative estimate of drug-likeness (QED) is 0.0417. The van der Waals surface area contributed by atoms with Crippen molar-refractivity contribution in [2.75, 3.05) is 81.4 Å². The fraction of sp³-hybridized carbons (Fsp3) is 0.537. The van der Waals surface area contributed by atoms with Gasteiger partial charge in [0, 0.05) is 106 Å². The Bertz CT molecular complexity index is 2670. The number of carbonyl (C=O) groups excluding carboxylic acids is 3. The van der Waals surface area contributed by atoms with Gasteiger partial charge in [0.15, 0.2) is 0 Å². The second kappa shape index (κ2) is 26.2. The lowest BCUT2D eigenvalue weighted by atomic mass is 9.73. The molecule has 6 rings (SSSR count). The molecule has 2 fully saturated rings. The van der Waals surface area contributed by atoms with Crippen molar-refractivity contribution in [3.05, 3.63) is 102 Å². The Kier molecular flexibility index (Phi) is 20.7. The van der Waals surface area contributed by atoms with Crippen LogP contribution in [0, 0.1) is 5.41 Å². The highest BCUT2D eigenvalue weighted by Crippen LogP contribution is 2.41. The third-order valence-electron chi connectivity index (χ3n) is 14.3. The minimum Gasteiger partial charge on any atom is -0.380 e. The number of anilines is 2. The highest BCUT2D eigenvalue weighted by molar-refractivity contribution is 7.99. The summed E-state index contributed by atoms with van der Waals surface area (Å²) in [7, 11) is -11.0. The van der Waals surface area contributed by atoms with Gasteiger partial charge in [0.05, 0.1) is 10.6 Å². The number of nitrogens with one attached hydrogen (secondary N) is 2. The van der Waals surface area contributed by atoms with Crippen LogP contribution >= 0.6 is 11.8 Å². The Labute approximate surface area is 440 Å². The van der Waals surface area contributed by atoms with Gasteiger partial charge in [-0.3, -0.25) is 24.2 Å². The third-order valence-corrected chi connectivity index (χ3v) is 18.4. The molecule has 1 atom stereocenters. The Balaban J connectivity index is 1.09. The summed E-state index contributed by atoms with van der Waals surface area (Å²) < 4.78 is 98.8. The molecule has 3 aromatic carbocycles. The van der Waals surface area contributed by atoms with Crippen LogP contribution in [0.25, 0.3) is 0 Å². The zero-order chi connectivity index (χ0) is 53.7. The number of sulfone groups is 1. The molecule has 3 amide bonds. The van der Waals surface area contributed by atoms with Crippen molar-refractivity contribution in [2.24, 2.45) is 11.1 Å². The third kappa shape index (κ3) is 16.8. The van der Waals surface area contributed by atoms with Crippen molar-refractivity contribution in [3.8, 4) is 0 Å². The van der Waals surface area contributed by atoms with Crippen molar-refractivity contribution in [1.29, 1.82) is 0 Å². The van der Waals surface area contributed by atoms with E-state index in [4.69, 9.17) is 5.73 Å². The summed E-state index contributed by atoms with van der Waals surface area (Å²) >= 11 is 1.42. The van der Waals surface area contributed by atoms with E-state index in [2.05, 4.69) is 47.4 Å². The molecule has 0 unspecified atom stereocenters. The predicted octanol–water partition coefficient (Wildman–Crippen LogP) is 9.02. The molecule has 2 aliphatic heterocycles. The maximum Gasteiger partial charge on any atom is 0.501 e. The van der Waals surface area contributed by atoms with E-state index in [1.165, 1.54) is 35.9 Å². The van der Waals surface area contributed by atoms with Crippen LogP contribution in [0.5, 0.6) is 0 Å². The first-order valence-electron chi connectivity index (χ1n) is 25.7. The number of sulfonamides is 1. The minimum absolute atomic E-state index is 0.0108. The lowest BCUT2D eigenvalue weighted by Crippen LogP contribution is -2.49. The lowest BCUT2D eigenvalue weighted by molar-refractivity contribution is -0.133. The first-order valence-corrected chi connectivity index (χ1v) is 29.7.